The Hall–Kier alpha value is -1.20. The zero-order chi connectivity index (χ0) is 96.6. The van der Waals surface area contributed by atoms with E-state index < -0.39 is 185 Å². The zero-order valence-electron chi connectivity index (χ0n) is 57.9. The Morgan fingerprint density at radius 1 is 0.245 bits per heavy atom. The second-order valence-corrected chi connectivity index (χ2v) is 63.4. The van der Waals surface area contributed by atoms with Crippen molar-refractivity contribution in [2.75, 3.05) is 0 Å². The Morgan fingerprint density at radius 3 is 0.391 bits per heavy atom. The Bertz CT molecular complexity index is 2160. The van der Waals surface area contributed by atoms with Crippen LogP contribution in [0.1, 0.15) is 174 Å². The second kappa shape index (κ2) is 67.7. The monoisotopic (exact) mass is 3450 g/mol. The van der Waals surface area contributed by atoms with E-state index in [-0.39, 0.29) is 17.3 Å². The molecule has 0 radical (unpaired) electrons. The fourth-order valence-electron chi connectivity index (χ4n) is 0.641. The van der Waals surface area contributed by atoms with Crippen molar-refractivity contribution < 1.29 is 337 Å². The van der Waals surface area contributed by atoms with Gasteiger partial charge in [-0.15, -0.1) is 0 Å². The van der Waals surface area contributed by atoms with Crippen LogP contribution in [0.4, 0.5) is 151 Å². The zero-order valence-corrected chi connectivity index (χ0v) is 90.0. The maximum atomic E-state index is 9.92. The number of rotatable bonds is 5. The van der Waals surface area contributed by atoms with Gasteiger partial charge in [0.05, 0.1) is 60.7 Å². The maximum absolute atomic E-state index is 9.92. The molecule has 0 aliphatic carbocycles. The third-order valence-electron chi connectivity index (χ3n) is 3.56. The van der Waals surface area contributed by atoms with Gasteiger partial charge in [-0.05, 0) is 66.7 Å². The van der Waals surface area contributed by atoms with E-state index in [1.54, 1.807) is 0 Å². The van der Waals surface area contributed by atoms with Crippen molar-refractivity contribution >= 4 is 0 Å². The van der Waals surface area contributed by atoms with Crippen molar-refractivity contribution in [3.8, 4) is 60.7 Å². The predicted molar refractivity (Wildman–Crippen MR) is 260 cm³/mol. The number of halogens is 50. The van der Waals surface area contributed by atoms with Gasteiger partial charge in [0.15, 0.2) is 0 Å². The molecular weight excluding hydrogens is 3380 g/mol. The summed E-state index contributed by atoms with van der Waals surface area (Å²) in [4.78, 5) is 0. The normalized spacial score (nSPS) is 13.9. The molecule has 10 nitrogen and oxygen atoms in total. The molecule has 0 N–H and O–H groups in total. The summed E-state index contributed by atoms with van der Waals surface area (Å²) >= 11 is -93.0. The first-order chi connectivity index (χ1) is 45.8. The van der Waals surface area contributed by atoms with E-state index >= 15 is 0 Å². The molecule has 0 heterocycles. The van der Waals surface area contributed by atoms with Crippen molar-refractivity contribution in [1.29, 1.82) is 52.6 Å². The van der Waals surface area contributed by atoms with E-state index in [9.17, 15) is 151 Å². The van der Waals surface area contributed by atoms with E-state index in [0.29, 0.717) is 44.4 Å². The topological polar surface area (TPSA) is 238 Å². The van der Waals surface area contributed by atoms with Crippen molar-refractivity contribution in [3.05, 3.63) is 0 Å². The van der Waals surface area contributed by atoms with Crippen LogP contribution < -0.4 is 0 Å². The van der Waals surface area contributed by atoms with Gasteiger partial charge in [-0.1, -0.05) is 68.7 Å². The molecule has 70 heteroatoms. The van der Waals surface area contributed by atoms with E-state index in [1.165, 1.54) is 0 Å². The van der Waals surface area contributed by atoms with Gasteiger partial charge in [0.2, 0.25) is 0 Å². The van der Waals surface area contributed by atoms with Crippen LogP contribution in [0.25, 0.3) is 0 Å². The number of hydrogen-bond donors (Lipinski definition) is 0. The van der Waals surface area contributed by atoms with Crippen molar-refractivity contribution in [1.82, 2.24) is 0 Å². The summed E-state index contributed by atoms with van der Waals surface area (Å²) in [7, 11) is 0. The molecule has 0 saturated heterocycles. The molecule has 0 saturated carbocycles. The summed E-state index contributed by atoms with van der Waals surface area (Å²) in [5.41, 5.74) is -0.153. The summed E-state index contributed by atoms with van der Waals surface area (Å²) < 4.78 is 496. The first-order valence-electron chi connectivity index (χ1n) is 25.6. The molecular formula is C40H70F50N10Ta10. The average Bonchev–Trinajstić information content (AvgIpc) is 0.984. The van der Waals surface area contributed by atoms with Crippen LogP contribution in [0.5, 0.6) is 0 Å². The Morgan fingerprint density at radius 2 is 0.382 bits per heavy atom. The molecule has 1 atom stereocenters. The van der Waals surface area contributed by atoms with Crippen LogP contribution in [-0.4, -0.2) is 0 Å². The first kappa shape index (κ1) is 160. The summed E-state index contributed by atoms with van der Waals surface area (Å²) in [6, 6.07) is 20.1. The molecule has 0 rings (SSSR count). The van der Waals surface area contributed by atoms with Gasteiger partial charge in [0, 0.05) is 62.2 Å². The molecule has 680 valence electrons. The van der Waals surface area contributed by atoms with E-state index in [4.69, 9.17) is 52.6 Å². The molecule has 1 unspecified atom stereocenters. The molecule has 0 spiro atoms. The van der Waals surface area contributed by atoms with Crippen LogP contribution >= 0.6 is 0 Å². The van der Waals surface area contributed by atoms with Gasteiger partial charge in [-0.3, -0.25) is 0 Å². The van der Waals surface area contributed by atoms with Crippen LogP contribution in [0.2, 0.25) is 0 Å². The quantitative estimate of drug-likeness (QED) is 0.186. The molecule has 0 aliphatic heterocycles. The minimum atomic E-state index is -9.30. The van der Waals surface area contributed by atoms with Gasteiger partial charge in [-0.2, -0.15) is 52.6 Å². The molecule has 0 amide bonds. The molecule has 0 aromatic heterocycles. The van der Waals surface area contributed by atoms with Crippen LogP contribution in [-0.2, 0) is 185 Å². The van der Waals surface area contributed by atoms with Crippen molar-refractivity contribution in [2.24, 2.45) is 23.2 Å². The average molecular weight is 3450 g/mol. The molecule has 0 fully saturated rings. The van der Waals surface area contributed by atoms with E-state index in [1.807, 2.05) is 133 Å². The summed E-state index contributed by atoms with van der Waals surface area (Å²) in [6.45, 7) is 28.7. The number of nitrogens with zero attached hydrogens (tertiary/aromatic N) is 10. The fourth-order valence-corrected chi connectivity index (χ4v) is 0.641. The standard InChI is InChI=1S/4C5H9N.2C4H7N.4C3H5N.50FH.10Ta/c1-5(2,3)4-6;1-5(2)3-4-6;1-3-5(2)4-6;1-2-3-4-5-6;1-4(2)3-5;1-2-3-4-5;4*1-2-3-4;;;;;;;;;;;;;;;;;;;;;;;;;;;;;;;;;;;;;;;;;;;;;;;;;;;;;;;;;;;;/h1-3H3;2*5H,3H2,1-2H3;2-4H2,1H3;4H,1-2H3;2-3H2,1H3;4*2H2,1H3;50*1H;;;;;;;;;;/q;;;;;;;;;;;;;;;;;;;;;;;;;;;;;;;;;;;;;;;;;;;;;;;;;;;;;;;;;;;;10*+5/p-50. The van der Waals surface area contributed by atoms with Crippen molar-refractivity contribution in [3.63, 3.8) is 0 Å². The molecule has 110 heavy (non-hydrogen) atoms. The van der Waals surface area contributed by atoms with E-state index in [2.05, 4.69) is 31.2 Å². The van der Waals surface area contributed by atoms with Crippen LogP contribution in [0, 0.1) is 136 Å². The fraction of sp³-hybridized carbons (Fsp3) is 0.750. The predicted octanol–water partition coefficient (Wildman–Crippen LogP) is 33.5. The van der Waals surface area contributed by atoms with Gasteiger partial charge in [-0.25, -0.2) is 0 Å². The molecule has 0 aliphatic rings. The Kier molecular flexibility index (Phi) is 98.6. The van der Waals surface area contributed by atoms with Crippen LogP contribution in [0.3, 0.4) is 0 Å². The van der Waals surface area contributed by atoms with Gasteiger partial charge in [0.25, 0.3) is 0 Å². The Balaban J connectivity index is -0.0000000431. The third kappa shape index (κ3) is 3050. The third-order valence-corrected chi connectivity index (χ3v) is 3.56. The summed E-state index contributed by atoms with van der Waals surface area (Å²) in [5, 5.41) is 78.4. The molecule has 0 aromatic rings. The number of hydrogen-bond acceptors (Lipinski definition) is 10. The second-order valence-electron chi connectivity index (χ2n) is 17.4. The Labute approximate surface area is 640 Å². The molecule has 0 bridgehead atoms. The number of unbranched alkanes of at least 4 members (excludes halogenated alkanes) is 3. The number of nitriles is 10. The van der Waals surface area contributed by atoms with Crippen LogP contribution in [0.15, 0.2) is 0 Å². The first-order valence-corrected chi connectivity index (χ1v) is 86.4. The van der Waals surface area contributed by atoms with E-state index in [0.717, 1.165) is 32.1 Å². The summed E-state index contributed by atoms with van der Waals surface area (Å²) in [5.74, 6) is 0.968. The van der Waals surface area contributed by atoms with Gasteiger partial charge in [0.1, 0.15) is 0 Å². The molecule has 0 aromatic carbocycles. The van der Waals surface area contributed by atoms with Gasteiger partial charge >= 0.3 is 337 Å². The van der Waals surface area contributed by atoms with Gasteiger partial charge < -0.3 is 0 Å². The van der Waals surface area contributed by atoms with Crippen molar-refractivity contribution in [2.45, 2.75) is 174 Å². The minimum absolute atomic E-state index is 0.153. The summed E-state index contributed by atoms with van der Waals surface area (Å²) in [6.07, 6.45) is 8.73. The SMILES string of the molecule is CC(C)(C)C#N.CC(C)C#N.CC(C)CC#N.CCC#N.CCC#N.CCC#N.CCC#N.CCC(C)C#N.CCCC#N.CCCCC#N.[F][Ta]([F])([F])([F])[F].[F][Ta]([F])([F])([F])[F].[F][Ta]([F])([F])([F])[F].[F][Ta]([F])([F])([F])[F].[F][Ta]([F])([F])([F])[F].[F][Ta]([F])([F])([F])[F].[F][Ta]([F])([F])([F])[F].[F][Ta]([F])([F])([F])[F].[F][Ta]([F])([F])([F])[F].[F][Ta]([F])([F])([F])[F].